The highest BCUT2D eigenvalue weighted by Crippen LogP contribution is 2.28. The first kappa shape index (κ1) is 16.3. The number of benzene rings is 1. The predicted molar refractivity (Wildman–Crippen MR) is 85.2 cm³/mol. The summed E-state index contributed by atoms with van der Waals surface area (Å²) in [5.41, 5.74) is 1.09. The van der Waals surface area contributed by atoms with Gasteiger partial charge < -0.3 is 20.3 Å². The maximum Gasteiger partial charge on any atom is 0.253 e. The van der Waals surface area contributed by atoms with Gasteiger partial charge in [-0.05, 0) is 43.5 Å². The van der Waals surface area contributed by atoms with Crippen LogP contribution >= 0.6 is 0 Å². The maximum absolute atomic E-state index is 11.9. The zero-order chi connectivity index (χ0) is 16.1. The van der Waals surface area contributed by atoms with Crippen molar-refractivity contribution in [3.05, 3.63) is 23.8 Å². The summed E-state index contributed by atoms with van der Waals surface area (Å²) in [5, 5.41) is 5.94. The molecule has 0 atom stereocenters. The van der Waals surface area contributed by atoms with Crippen LogP contribution in [-0.2, 0) is 4.79 Å². The van der Waals surface area contributed by atoms with Crippen LogP contribution < -0.4 is 15.4 Å². The Balaban J connectivity index is 1.97. The number of nitrogens with one attached hydrogen (secondary N) is 2. The summed E-state index contributed by atoms with van der Waals surface area (Å²) >= 11 is 0. The molecule has 1 saturated carbocycles. The van der Waals surface area contributed by atoms with E-state index in [0.717, 1.165) is 12.5 Å². The molecule has 6 nitrogen and oxygen atoms in total. The van der Waals surface area contributed by atoms with Crippen molar-refractivity contribution in [1.29, 1.82) is 0 Å². The Morgan fingerprint density at radius 3 is 2.64 bits per heavy atom. The molecule has 0 saturated heterocycles. The first-order valence-corrected chi connectivity index (χ1v) is 7.41. The summed E-state index contributed by atoms with van der Waals surface area (Å²) in [6.07, 6.45) is 2.51. The third-order valence-electron chi connectivity index (χ3n) is 3.54. The number of hydrogen-bond acceptors (Lipinski definition) is 4. The van der Waals surface area contributed by atoms with Crippen LogP contribution in [0, 0.1) is 5.92 Å². The van der Waals surface area contributed by atoms with Crippen LogP contribution in [0.5, 0.6) is 5.75 Å². The highest BCUT2D eigenvalue weighted by molar-refractivity contribution is 5.97. The average molecular weight is 305 g/mol. The molecule has 1 fully saturated rings. The van der Waals surface area contributed by atoms with Crippen LogP contribution in [0.1, 0.15) is 23.2 Å². The molecule has 1 aromatic rings. The third-order valence-corrected chi connectivity index (χ3v) is 3.54. The van der Waals surface area contributed by atoms with Crippen molar-refractivity contribution in [3.63, 3.8) is 0 Å². The van der Waals surface area contributed by atoms with Crippen molar-refractivity contribution < 1.29 is 14.3 Å². The number of hydrogen-bond donors (Lipinski definition) is 2. The fraction of sp³-hybridized carbons (Fsp3) is 0.500. The van der Waals surface area contributed by atoms with Gasteiger partial charge in [0.1, 0.15) is 5.75 Å². The van der Waals surface area contributed by atoms with E-state index in [1.807, 2.05) is 0 Å². The molecule has 0 aliphatic heterocycles. The van der Waals surface area contributed by atoms with Crippen molar-refractivity contribution in [1.82, 2.24) is 10.2 Å². The van der Waals surface area contributed by atoms with Crippen molar-refractivity contribution >= 4 is 17.5 Å². The molecule has 120 valence electrons. The molecule has 1 aliphatic rings. The monoisotopic (exact) mass is 305 g/mol. The molecule has 0 radical (unpaired) electrons. The smallest absolute Gasteiger partial charge is 0.253 e. The molecule has 2 amide bonds. The van der Waals surface area contributed by atoms with Gasteiger partial charge in [-0.15, -0.1) is 0 Å². The highest BCUT2D eigenvalue weighted by Gasteiger charge is 2.20. The minimum Gasteiger partial charge on any atom is -0.495 e. The first-order valence-electron chi connectivity index (χ1n) is 7.41. The lowest BCUT2D eigenvalue weighted by atomic mass is 10.1. The molecule has 0 bridgehead atoms. The second-order valence-corrected chi connectivity index (χ2v) is 5.74. The van der Waals surface area contributed by atoms with Crippen LogP contribution in [0.15, 0.2) is 18.2 Å². The quantitative estimate of drug-likeness (QED) is 0.797. The molecule has 22 heavy (non-hydrogen) atoms. The van der Waals surface area contributed by atoms with Gasteiger partial charge in [0.2, 0.25) is 5.91 Å². The average Bonchev–Trinajstić information content (AvgIpc) is 3.31. The summed E-state index contributed by atoms with van der Waals surface area (Å²) in [6.45, 7) is 1.17. The fourth-order valence-corrected chi connectivity index (χ4v) is 2.09. The normalized spacial score (nSPS) is 13.6. The van der Waals surface area contributed by atoms with Crippen LogP contribution in [0.4, 0.5) is 5.69 Å². The first-order chi connectivity index (χ1) is 10.5. The summed E-state index contributed by atoms with van der Waals surface area (Å²) < 4.78 is 5.26. The molecule has 1 aliphatic carbocycles. The van der Waals surface area contributed by atoms with E-state index in [1.54, 1.807) is 32.3 Å². The summed E-state index contributed by atoms with van der Waals surface area (Å²) in [6, 6.07) is 5.00. The van der Waals surface area contributed by atoms with E-state index in [-0.39, 0.29) is 18.4 Å². The second-order valence-electron chi connectivity index (χ2n) is 5.74. The Morgan fingerprint density at radius 1 is 1.32 bits per heavy atom. The number of anilines is 1. The molecule has 2 rings (SSSR count). The zero-order valence-corrected chi connectivity index (χ0v) is 13.3. The lowest BCUT2D eigenvalue weighted by molar-refractivity contribution is -0.115. The minimum absolute atomic E-state index is 0.109. The lowest BCUT2D eigenvalue weighted by Gasteiger charge is -2.14. The number of carbonyl (C=O) groups excluding carboxylic acids is 2. The maximum atomic E-state index is 11.9. The van der Waals surface area contributed by atoms with Crippen molar-refractivity contribution in [2.75, 3.05) is 39.6 Å². The molecular formula is C16H23N3O3. The number of ether oxygens (including phenoxy) is 1. The van der Waals surface area contributed by atoms with E-state index in [2.05, 4.69) is 10.6 Å². The molecule has 2 N–H and O–H groups in total. The van der Waals surface area contributed by atoms with Crippen LogP contribution in [-0.4, -0.2) is 51.0 Å². The SMILES string of the molecule is COc1cc(C(=O)N(C)C)ccc1NC(=O)CNCC1CC1. The number of amides is 2. The van der Waals surface area contributed by atoms with E-state index in [9.17, 15) is 9.59 Å². The molecule has 0 heterocycles. The van der Waals surface area contributed by atoms with Gasteiger partial charge in [-0.2, -0.15) is 0 Å². The minimum atomic E-state index is -0.120. The summed E-state index contributed by atoms with van der Waals surface area (Å²) in [4.78, 5) is 25.3. The Labute approximate surface area is 130 Å². The third kappa shape index (κ3) is 4.46. The van der Waals surface area contributed by atoms with Crippen LogP contribution in [0.3, 0.4) is 0 Å². The van der Waals surface area contributed by atoms with E-state index in [0.29, 0.717) is 17.0 Å². The van der Waals surface area contributed by atoms with E-state index in [1.165, 1.54) is 24.9 Å². The summed E-state index contributed by atoms with van der Waals surface area (Å²) in [5.74, 6) is 0.981. The van der Waals surface area contributed by atoms with Gasteiger partial charge in [0.15, 0.2) is 0 Å². The highest BCUT2D eigenvalue weighted by atomic mass is 16.5. The van der Waals surface area contributed by atoms with Gasteiger partial charge in [0.05, 0.1) is 19.3 Å². The van der Waals surface area contributed by atoms with E-state index >= 15 is 0 Å². The Hall–Kier alpha value is -2.08. The van der Waals surface area contributed by atoms with Gasteiger partial charge in [0, 0.05) is 19.7 Å². The van der Waals surface area contributed by atoms with E-state index < -0.39 is 0 Å². The van der Waals surface area contributed by atoms with Gasteiger partial charge >= 0.3 is 0 Å². The van der Waals surface area contributed by atoms with Crippen molar-refractivity contribution in [2.24, 2.45) is 5.92 Å². The van der Waals surface area contributed by atoms with Gasteiger partial charge in [0.25, 0.3) is 5.91 Å². The van der Waals surface area contributed by atoms with Gasteiger partial charge in [-0.1, -0.05) is 0 Å². The van der Waals surface area contributed by atoms with Crippen LogP contribution in [0.2, 0.25) is 0 Å². The Bertz CT molecular complexity index is 554. The number of rotatable bonds is 7. The van der Waals surface area contributed by atoms with Gasteiger partial charge in [-0.3, -0.25) is 9.59 Å². The lowest BCUT2D eigenvalue weighted by Crippen LogP contribution is -2.29. The molecule has 0 aromatic heterocycles. The number of carbonyl (C=O) groups is 2. The van der Waals surface area contributed by atoms with Gasteiger partial charge in [-0.25, -0.2) is 0 Å². The fourth-order valence-electron chi connectivity index (χ4n) is 2.09. The zero-order valence-electron chi connectivity index (χ0n) is 13.3. The largest absolute Gasteiger partial charge is 0.495 e. The van der Waals surface area contributed by atoms with Crippen molar-refractivity contribution in [2.45, 2.75) is 12.8 Å². The molecule has 1 aromatic carbocycles. The Morgan fingerprint density at radius 2 is 2.05 bits per heavy atom. The number of methoxy groups -OCH3 is 1. The predicted octanol–water partition coefficient (Wildman–Crippen LogP) is 1.34. The second kappa shape index (κ2) is 7.26. The topological polar surface area (TPSA) is 70.7 Å². The van der Waals surface area contributed by atoms with Crippen molar-refractivity contribution in [3.8, 4) is 5.75 Å². The summed E-state index contributed by atoms with van der Waals surface area (Å²) in [7, 11) is 4.90. The molecule has 0 spiro atoms. The van der Waals surface area contributed by atoms with Crippen LogP contribution in [0.25, 0.3) is 0 Å². The standard InChI is InChI=1S/C16H23N3O3/c1-19(2)16(21)12-6-7-13(14(8-12)22-3)18-15(20)10-17-9-11-4-5-11/h6-8,11,17H,4-5,9-10H2,1-3H3,(H,18,20). The molecular weight excluding hydrogens is 282 g/mol. The molecule has 6 heteroatoms. The number of nitrogens with zero attached hydrogens (tertiary/aromatic N) is 1. The molecule has 0 unspecified atom stereocenters. The Kier molecular flexibility index (Phi) is 5.38. The van der Waals surface area contributed by atoms with E-state index in [4.69, 9.17) is 4.74 Å².